The van der Waals surface area contributed by atoms with Crippen molar-refractivity contribution in [1.29, 1.82) is 0 Å². The maximum absolute atomic E-state index is 12.3. The van der Waals surface area contributed by atoms with Gasteiger partial charge in [0.15, 0.2) is 0 Å². The van der Waals surface area contributed by atoms with Gasteiger partial charge < -0.3 is 15.0 Å². The Labute approximate surface area is 156 Å². The van der Waals surface area contributed by atoms with E-state index in [9.17, 15) is 9.59 Å². The van der Waals surface area contributed by atoms with Gasteiger partial charge in [-0.15, -0.1) is 11.3 Å². The number of carbonyl (C=O) groups is 2. The summed E-state index contributed by atoms with van der Waals surface area (Å²) in [6.07, 6.45) is 3.38. The highest BCUT2D eigenvalue weighted by Gasteiger charge is 2.27. The van der Waals surface area contributed by atoms with Crippen molar-refractivity contribution in [1.82, 2.24) is 15.3 Å². The molecular formula is C18H24N4O3S. The molecule has 0 bridgehead atoms. The van der Waals surface area contributed by atoms with Gasteiger partial charge in [0.05, 0.1) is 18.9 Å². The fraction of sp³-hybridized carbons (Fsp3) is 0.556. The number of anilines is 1. The van der Waals surface area contributed by atoms with Gasteiger partial charge in [0.2, 0.25) is 5.91 Å². The Kier molecular flexibility index (Phi) is 5.70. The van der Waals surface area contributed by atoms with E-state index in [2.05, 4.69) is 38.8 Å². The quantitative estimate of drug-likeness (QED) is 0.806. The monoisotopic (exact) mass is 376 g/mol. The number of methoxy groups -OCH3 is 1. The van der Waals surface area contributed by atoms with E-state index < -0.39 is 0 Å². The van der Waals surface area contributed by atoms with Crippen molar-refractivity contribution in [3.8, 4) is 0 Å². The molecule has 2 aromatic rings. The lowest BCUT2D eigenvalue weighted by atomic mass is 9.95. The van der Waals surface area contributed by atoms with Crippen molar-refractivity contribution in [2.75, 3.05) is 31.6 Å². The van der Waals surface area contributed by atoms with Crippen molar-refractivity contribution >= 4 is 39.2 Å². The summed E-state index contributed by atoms with van der Waals surface area (Å²) < 4.78 is 4.58. The van der Waals surface area contributed by atoms with Crippen LogP contribution < -0.4 is 10.2 Å². The van der Waals surface area contributed by atoms with E-state index in [1.165, 1.54) is 17.6 Å². The second-order valence-corrected chi connectivity index (χ2v) is 7.74. The van der Waals surface area contributed by atoms with E-state index >= 15 is 0 Å². The smallest absolute Gasteiger partial charge is 0.307 e. The zero-order valence-electron chi connectivity index (χ0n) is 15.4. The zero-order valence-corrected chi connectivity index (χ0v) is 16.2. The number of amides is 1. The summed E-state index contributed by atoms with van der Waals surface area (Å²) in [6, 6.07) is 0. The lowest BCUT2D eigenvalue weighted by Crippen LogP contribution is -2.41. The number of piperidine rings is 1. The second kappa shape index (κ2) is 7.99. The number of fused-ring (bicyclic) bond motifs is 1. The van der Waals surface area contributed by atoms with Gasteiger partial charge in [-0.3, -0.25) is 9.59 Å². The molecule has 0 radical (unpaired) electrons. The molecule has 3 heterocycles. The molecule has 0 aliphatic carbocycles. The Morgan fingerprint density at radius 1 is 1.31 bits per heavy atom. The number of thiophene rings is 1. The van der Waals surface area contributed by atoms with Crippen LogP contribution in [0.1, 0.15) is 29.7 Å². The Morgan fingerprint density at radius 3 is 2.73 bits per heavy atom. The van der Waals surface area contributed by atoms with Crippen molar-refractivity contribution in [3.63, 3.8) is 0 Å². The van der Waals surface area contributed by atoms with Gasteiger partial charge in [-0.1, -0.05) is 0 Å². The lowest BCUT2D eigenvalue weighted by molar-refractivity contribution is -0.140. The average molecular weight is 376 g/mol. The van der Waals surface area contributed by atoms with Gasteiger partial charge in [0.1, 0.15) is 17.0 Å². The SMILES string of the molecule is COC(=O)CCNC(=O)C1CCN(c2ncnc3sc(C)c(C)c23)CC1. The third-order valence-corrected chi connectivity index (χ3v) is 6.08. The van der Waals surface area contributed by atoms with Crippen molar-refractivity contribution in [2.45, 2.75) is 33.1 Å². The summed E-state index contributed by atoms with van der Waals surface area (Å²) in [7, 11) is 1.35. The highest BCUT2D eigenvalue weighted by Crippen LogP contribution is 2.35. The number of esters is 1. The highest BCUT2D eigenvalue weighted by atomic mass is 32.1. The molecule has 0 saturated carbocycles. The molecule has 1 saturated heterocycles. The van der Waals surface area contributed by atoms with Crippen LogP contribution in [0.4, 0.5) is 5.82 Å². The zero-order chi connectivity index (χ0) is 18.7. The first kappa shape index (κ1) is 18.6. The molecule has 0 unspecified atom stereocenters. The molecule has 26 heavy (non-hydrogen) atoms. The number of aryl methyl sites for hydroxylation is 2. The van der Waals surface area contributed by atoms with Crippen LogP contribution in [0.2, 0.25) is 0 Å². The Balaban J connectivity index is 1.61. The van der Waals surface area contributed by atoms with Crippen LogP contribution in [-0.4, -0.2) is 48.6 Å². The van der Waals surface area contributed by atoms with Crippen LogP contribution >= 0.6 is 11.3 Å². The molecule has 1 aliphatic rings. The Morgan fingerprint density at radius 2 is 2.04 bits per heavy atom. The predicted octanol–water partition coefficient (Wildman–Crippen LogP) is 2.20. The number of carbonyl (C=O) groups excluding carboxylic acids is 2. The Bertz CT molecular complexity index is 812. The maximum atomic E-state index is 12.3. The second-order valence-electron chi connectivity index (χ2n) is 6.54. The normalized spacial score (nSPS) is 15.3. The third-order valence-electron chi connectivity index (χ3n) is 4.97. The molecule has 1 N–H and O–H groups in total. The standard InChI is InChI=1S/C18H24N4O3S/c1-11-12(2)26-18-15(11)16(20-10-21-18)22-8-5-13(6-9-22)17(24)19-7-4-14(23)25-3/h10,13H,4-9H2,1-3H3,(H,19,24). The van der Waals surface area contributed by atoms with Crippen molar-refractivity contribution in [3.05, 3.63) is 16.8 Å². The summed E-state index contributed by atoms with van der Waals surface area (Å²) in [6.45, 7) is 6.12. The molecule has 1 aliphatic heterocycles. The van der Waals surface area contributed by atoms with E-state index in [-0.39, 0.29) is 24.2 Å². The Hall–Kier alpha value is -2.22. The summed E-state index contributed by atoms with van der Waals surface area (Å²) in [4.78, 5) is 36.8. The number of hydrogen-bond donors (Lipinski definition) is 1. The molecule has 0 atom stereocenters. The van der Waals surface area contributed by atoms with Crippen LogP contribution in [-0.2, 0) is 14.3 Å². The average Bonchev–Trinajstić information content (AvgIpc) is 2.95. The first-order chi connectivity index (χ1) is 12.5. The molecule has 1 fully saturated rings. The minimum atomic E-state index is -0.311. The van der Waals surface area contributed by atoms with Crippen LogP contribution in [0.25, 0.3) is 10.2 Å². The van der Waals surface area contributed by atoms with Gasteiger partial charge in [0.25, 0.3) is 0 Å². The highest BCUT2D eigenvalue weighted by molar-refractivity contribution is 7.18. The molecule has 140 valence electrons. The predicted molar refractivity (Wildman–Crippen MR) is 101 cm³/mol. The fourth-order valence-corrected chi connectivity index (χ4v) is 4.28. The van der Waals surface area contributed by atoms with Crippen molar-refractivity contribution in [2.24, 2.45) is 5.92 Å². The molecule has 1 amide bonds. The summed E-state index contributed by atoms with van der Waals surface area (Å²) >= 11 is 1.70. The van der Waals surface area contributed by atoms with E-state index in [1.54, 1.807) is 17.7 Å². The fourth-order valence-electron chi connectivity index (χ4n) is 3.29. The van der Waals surface area contributed by atoms with Crippen molar-refractivity contribution < 1.29 is 14.3 Å². The summed E-state index contributed by atoms with van der Waals surface area (Å²) in [5.74, 6) is 0.659. The van der Waals surface area contributed by atoms with E-state index in [0.717, 1.165) is 42.0 Å². The van der Waals surface area contributed by atoms with Crippen LogP contribution in [0, 0.1) is 19.8 Å². The molecule has 2 aromatic heterocycles. The number of nitrogens with zero attached hydrogens (tertiary/aromatic N) is 3. The minimum Gasteiger partial charge on any atom is -0.469 e. The number of hydrogen-bond acceptors (Lipinski definition) is 7. The third kappa shape index (κ3) is 3.80. The number of rotatable bonds is 5. The summed E-state index contributed by atoms with van der Waals surface area (Å²) in [5.41, 5.74) is 1.24. The maximum Gasteiger partial charge on any atom is 0.307 e. The minimum absolute atomic E-state index is 0.0175. The van der Waals surface area contributed by atoms with Gasteiger partial charge in [-0.25, -0.2) is 9.97 Å². The molecule has 3 rings (SSSR count). The largest absolute Gasteiger partial charge is 0.469 e. The molecular weight excluding hydrogens is 352 g/mol. The van der Waals surface area contributed by atoms with Crippen LogP contribution in [0.15, 0.2) is 6.33 Å². The molecule has 8 heteroatoms. The first-order valence-corrected chi connectivity index (χ1v) is 9.63. The van der Waals surface area contributed by atoms with E-state index in [4.69, 9.17) is 0 Å². The number of nitrogens with one attached hydrogen (secondary N) is 1. The summed E-state index contributed by atoms with van der Waals surface area (Å²) in [5, 5.41) is 3.97. The van der Waals surface area contributed by atoms with E-state index in [0.29, 0.717) is 6.54 Å². The molecule has 7 nitrogen and oxygen atoms in total. The first-order valence-electron chi connectivity index (χ1n) is 8.81. The van der Waals surface area contributed by atoms with Crippen LogP contribution in [0.3, 0.4) is 0 Å². The van der Waals surface area contributed by atoms with Gasteiger partial charge in [-0.2, -0.15) is 0 Å². The topological polar surface area (TPSA) is 84.4 Å². The lowest BCUT2D eigenvalue weighted by Gasteiger charge is -2.32. The number of aromatic nitrogens is 2. The molecule has 0 spiro atoms. The number of ether oxygens (including phenoxy) is 1. The van der Waals surface area contributed by atoms with Gasteiger partial charge in [0, 0.05) is 30.4 Å². The van der Waals surface area contributed by atoms with Crippen LogP contribution in [0.5, 0.6) is 0 Å². The molecule has 0 aromatic carbocycles. The van der Waals surface area contributed by atoms with E-state index in [1.807, 2.05) is 0 Å². The van der Waals surface area contributed by atoms with Gasteiger partial charge in [-0.05, 0) is 32.3 Å². The van der Waals surface area contributed by atoms with Gasteiger partial charge >= 0.3 is 5.97 Å².